The number of benzene rings is 2. The van der Waals surface area contributed by atoms with E-state index in [2.05, 4.69) is 10.6 Å². The van der Waals surface area contributed by atoms with Gasteiger partial charge in [0.25, 0.3) is 0 Å². The molecule has 28 heavy (non-hydrogen) atoms. The van der Waals surface area contributed by atoms with Crippen molar-refractivity contribution in [3.05, 3.63) is 76.9 Å². The van der Waals surface area contributed by atoms with Crippen molar-refractivity contribution in [3.8, 4) is 0 Å². The van der Waals surface area contributed by atoms with E-state index in [1.807, 2.05) is 37.3 Å². The van der Waals surface area contributed by atoms with Crippen molar-refractivity contribution < 1.29 is 13.2 Å². The number of hydrogen-bond acceptors (Lipinski definition) is 3. The molecule has 1 unspecified atom stereocenters. The maximum atomic E-state index is 12.9. The first-order valence-electron chi connectivity index (χ1n) is 9.46. The van der Waals surface area contributed by atoms with Gasteiger partial charge in [0.1, 0.15) is 5.84 Å². The highest BCUT2D eigenvalue weighted by atomic mass is 19.4. The lowest BCUT2D eigenvalue weighted by Crippen LogP contribution is -2.37. The van der Waals surface area contributed by atoms with Gasteiger partial charge in [0.2, 0.25) is 0 Å². The van der Waals surface area contributed by atoms with Crippen molar-refractivity contribution in [1.82, 2.24) is 10.6 Å². The molecule has 2 aliphatic heterocycles. The third kappa shape index (κ3) is 3.83. The van der Waals surface area contributed by atoms with Crippen LogP contribution in [0.1, 0.15) is 35.6 Å². The molecule has 0 radical (unpaired) electrons. The van der Waals surface area contributed by atoms with Crippen LogP contribution in [0.2, 0.25) is 0 Å². The number of fused-ring (bicyclic) bond motifs is 1. The second-order valence-electron chi connectivity index (χ2n) is 7.25. The standard InChI is InChI=1S/C22H22F3N3/c1-14-12-20(15-6-8-16(9-7-15)22(23,24)25)18-4-2-3-5-19(18)21(27-14)28-17-10-11-26-13-17/h2-9,12,14,17,26H,10-11,13H2,1H3,(H,27,28)/t14?,17-/m0/s1. The number of halogens is 3. The van der Waals surface area contributed by atoms with Crippen LogP contribution < -0.4 is 10.6 Å². The van der Waals surface area contributed by atoms with Crippen LogP contribution in [-0.2, 0) is 6.18 Å². The Morgan fingerprint density at radius 3 is 2.39 bits per heavy atom. The Kier molecular flexibility index (Phi) is 4.98. The molecule has 0 aliphatic carbocycles. The lowest BCUT2D eigenvalue weighted by Gasteiger charge is -2.18. The summed E-state index contributed by atoms with van der Waals surface area (Å²) in [6.45, 7) is 3.87. The number of rotatable bonds is 2. The smallest absolute Gasteiger partial charge is 0.366 e. The van der Waals surface area contributed by atoms with Crippen molar-refractivity contribution >= 4 is 11.4 Å². The summed E-state index contributed by atoms with van der Waals surface area (Å²) in [5.74, 6) is 0.843. The van der Waals surface area contributed by atoms with E-state index in [9.17, 15) is 13.2 Å². The van der Waals surface area contributed by atoms with Gasteiger partial charge in [-0.25, -0.2) is 0 Å². The molecular formula is C22H22F3N3. The van der Waals surface area contributed by atoms with Gasteiger partial charge < -0.3 is 10.6 Å². The Balaban J connectivity index is 1.72. The minimum Gasteiger partial charge on any atom is -0.366 e. The van der Waals surface area contributed by atoms with Crippen molar-refractivity contribution in [1.29, 1.82) is 0 Å². The number of nitrogens with one attached hydrogen (secondary N) is 2. The molecule has 2 aromatic rings. The molecule has 2 N–H and O–H groups in total. The van der Waals surface area contributed by atoms with Gasteiger partial charge in [-0.05, 0) is 48.7 Å². The normalized spacial score (nSPS) is 22.1. The minimum absolute atomic E-state index is 0.0958. The van der Waals surface area contributed by atoms with Crippen LogP contribution in [-0.4, -0.2) is 31.0 Å². The molecule has 146 valence electrons. The highest BCUT2D eigenvalue weighted by Gasteiger charge is 2.30. The van der Waals surface area contributed by atoms with Gasteiger partial charge >= 0.3 is 6.18 Å². The Bertz CT molecular complexity index is 907. The molecule has 0 bridgehead atoms. The number of amidine groups is 1. The molecule has 0 spiro atoms. The molecule has 1 fully saturated rings. The van der Waals surface area contributed by atoms with Gasteiger partial charge in [-0.15, -0.1) is 0 Å². The van der Waals surface area contributed by atoms with Gasteiger partial charge in [-0.1, -0.05) is 42.5 Å². The number of alkyl halides is 3. The Morgan fingerprint density at radius 1 is 1.04 bits per heavy atom. The van der Waals surface area contributed by atoms with Gasteiger partial charge in [-0.2, -0.15) is 13.2 Å². The van der Waals surface area contributed by atoms with Crippen LogP contribution in [0.4, 0.5) is 13.2 Å². The average molecular weight is 385 g/mol. The maximum absolute atomic E-state index is 12.9. The van der Waals surface area contributed by atoms with Crippen LogP contribution in [0.25, 0.3) is 5.57 Å². The summed E-state index contributed by atoms with van der Waals surface area (Å²) in [4.78, 5) is 4.83. The summed E-state index contributed by atoms with van der Waals surface area (Å²) in [5, 5.41) is 6.89. The van der Waals surface area contributed by atoms with Crippen molar-refractivity contribution in [2.24, 2.45) is 4.99 Å². The molecule has 2 heterocycles. The summed E-state index contributed by atoms with van der Waals surface area (Å²) in [7, 11) is 0. The fraction of sp³-hybridized carbons (Fsp3) is 0.318. The summed E-state index contributed by atoms with van der Waals surface area (Å²) in [6, 6.07) is 13.5. The lowest BCUT2D eigenvalue weighted by molar-refractivity contribution is -0.137. The fourth-order valence-electron chi connectivity index (χ4n) is 3.74. The van der Waals surface area contributed by atoms with E-state index in [1.165, 1.54) is 12.1 Å². The zero-order chi connectivity index (χ0) is 19.7. The number of aliphatic imine (C=N–C) groups is 1. The van der Waals surface area contributed by atoms with Gasteiger partial charge in [0.15, 0.2) is 0 Å². The van der Waals surface area contributed by atoms with Crippen LogP contribution >= 0.6 is 0 Å². The van der Waals surface area contributed by atoms with Gasteiger partial charge in [0.05, 0.1) is 11.6 Å². The summed E-state index contributed by atoms with van der Waals surface area (Å²) in [6.07, 6.45) is -1.28. The second-order valence-corrected chi connectivity index (χ2v) is 7.25. The molecule has 0 amide bonds. The first-order valence-corrected chi connectivity index (χ1v) is 9.46. The quantitative estimate of drug-likeness (QED) is 0.811. The number of nitrogens with zero attached hydrogens (tertiary/aromatic N) is 1. The van der Waals surface area contributed by atoms with E-state index in [-0.39, 0.29) is 6.04 Å². The fourth-order valence-corrected chi connectivity index (χ4v) is 3.74. The summed E-state index contributed by atoms with van der Waals surface area (Å²) in [5.41, 5.74) is 2.97. The largest absolute Gasteiger partial charge is 0.416 e. The van der Waals surface area contributed by atoms with Crippen LogP contribution in [0.3, 0.4) is 0 Å². The van der Waals surface area contributed by atoms with E-state index in [4.69, 9.17) is 4.99 Å². The lowest BCUT2D eigenvalue weighted by atomic mass is 9.92. The zero-order valence-corrected chi connectivity index (χ0v) is 15.6. The molecule has 0 saturated carbocycles. The van der Waals surface area contributed by atoms with Crippen LogP contribution in [0.5, 0.6) is 0 Å². The summed E-state index contributed by atoms with van der Waals surface area (Å²) >= 11 is 0. The Labute approximate surface area is 162 Å². The third-order valence-electron chi connectivity index (χ3n) is 5.14. The van der Waals surface area contributed by atoms with Crippen LogP contribution in [0.15, 0.2) is 59.6 Å². The third-order valence-corrected chi connectivity index (χ3v) is 5.14. The molecule has 2 aromatic carbocycles. The summed E-state index contributed by atoms with van der Waals surface area (Å²) < 4.78 is 38.8. The zero-order valence-electron chi connectivity index (χ0n) is 15.6. The van der Waals surface area contributed by atoms with E-state index in [0.29, 0.717) is 6.04 Å². The molecular weight excluding hydrogens is 363 g/mol. The van der Waals surface area contributed by atoms with Crippen molar-refractivity contribution in [2.75, 3.05) is 13.1 Å². The van der Waals surface area contributed by atoms with Crippen molar-refractivity contribution in [3.63, 3.8) is 0 Å². The molecule has 6 heteroatoms. The van der Waals surface area contributed by atoms with Gasteiger partial charge in [-0.3, -0.25) is 4.99 Å². The first-order chi connectivity index (χ1) is 13.4. The molecule has 2 aliphatic rings. The Morgan fingerprint density at radius 2 is 1.75 bits per heavy atom. The molecule has 2 atom stereocenters. The first kappa shape index (κ1) is 18.7. The molecule has 1 saturated heterocycles. The van der Waals surface area contributed by atoms with E-state index < -0.39 is 11.7 Å². The topological polar surface area (TPSA) is 36.4 Å². The molecule has 3 nitrogen and oxygen atoms in total. The maximum Gasteiger partial charge on any atom is 0.416 e. The van der Waals surface area contributed by atoms with E-state index >= 15 is 0 Å². The van der Waals surface area contributed by atoms with Crippen molar-refractivity contribution in [2.45, 2.75) is 31.6 Å². The highest BCUT2D eigenvalue weighted by molar-refractivity contribution is 6.05. The van der Waals surface area contributed by atoms with E-state index in [1.54, 1.807) is 0 Å². The van der Waals surface area contributed by atoms with E-state index in [0.717, 1.165) is 59.7 Å². The monoisotopic (exact) mass is 385 g/mol. The average Bonchev–Trinajstić information content (AvgIpc) is 3.13. The van der Waals surface area contributed by atoms with Crippen LogP contribution in [0, 0.1) is 0 Å². The van der Waals surface area contributed by atoms with Gasteiger partial charge in [0, 0.05) is 18.2 Å². The number of hydrogen-bond donors (Lipinski definition) is 2. The SMILES string of the molecule is CC1C=C(c2ccc(C(F)(F)F)cc2)c2ccccc2C(N[C@H]2CCNC2)=N1. The highest BCUT2D eigenvalue weighted by Crippen LogP contribution is 2.33. The minimum atomic E-state index is -4.34. The Hall–Kier alpha value is -2.60. The second kappa shape index (κ2) is 7.43. The molecule has 0 aromatic heterocycles. The molecule has 4 rings (SSSR count). The predicted octanol–water partition coefficient (Wildman–Crippen LogP) is 4.24. The predicted molar refractivity (Wildman–Crippen MR) is 105 cm³/mol.